The van der Waals surface area contributed by atoms with Gasteiger partial charge in [-0.05, 0) is 29.0 Å². The fraction of sp³-hybridized carbons (Fsp3) is 0. The van der Waals surface area contributed by atoms with Crippen LogP contribution in [0.15, 0.2) is 47.0 Å². The Kier molecular flexibility index (Phi) is 2.00. The molecule has 0 bridgehead atoms. The maximum atomic E-state index is 11.4. The monoisotopic (exact) mass is 221 g/mol. The van der Waals surface area contributed by atoms with Crippen LogP contribution >= 0.6 is 0 Å². The zero-order valence-corrected chi connectivity index (χ0v) is 8.81. The molecule has 1 amide bonds. The van der Waals surface area contributed by atoms with Crippen LogP contribution in [0.2, 0.25) is 0 Å². The predicted molar refractivity (Wildman–Crippen MR) is 63.4 cm³/mol. The minimum Gasteiger partial charge on any atom is -0.266 e. The van der Waals surface area contributed by atoms with Gasteiger partial charge in [-0.1, -0.05) is 24.3 Å². The van der Waals surface area contributed by atoms with Gasteiger partial charge in [0, 0.05) is 5.22 Å². The van der Waals surface area contributed by atoms with E-state index in [1.165, 1.54) is 6.08 Å². The third-order valence-corrected chi connectivity index (χ3v) is 2.76. The minimum absolute atomic E-state index is 0.0206. The van der Waals surface area contributed by atoms with E-state index in [4.69, 9.17) is 0 Å². The highest BCUT2D eigenvalue weighted by Gasteiger charge is 2.11. The fourth-order valence-electron chi connectivity index (χ4n) is 1.92. The Morgan fingerprint density at radius 1 is 1.06 bits per heavy atom. The molecule has 0 N–H and O–H groups in total. The normalized spacial score (nSPS) is 13.6. The lowest BCUT2D eigenvalue weighted by atomic mass is 10.1. The number of carbonyl (C=O) groups is 1. The number of fused-ring (bicyclic) bond motifs is 2. The summed E-state index contributed by atoms with van der Waals surface area (Å²) in [5.41, 5.74) is -0.0206. The van der Waals surface area contributed by atoms with E-state index in [1.807, 2.05) is 36.4 Å². The fourth-order valence-corrected chi connectivity index (χ4v) is 1.92. The van der Waals surface area contributed by atoms with Crippen molar-refractivity contribution < 1.29 is 9.59 Å². The largest absolute Gasteiger partial charge is 0.288 e. The molecule has 0 atom stereocenters. The Morgan fingerprint density at radius 2 is 1.76 bits per heavy atom. The van der Waals surface area contributed by atoms with Gasteiger partial charge in [0.05, 0.1) is 5.36 Å². The molecule has 1 aliphatic rings. The number of hydrogen-bond donors (Lipinski definition) is 0. The highest BCUT2D eigenvalue weighted by molar-refractivity contribution is 6.10. The summed E-state index contributed by atoms with van der Waals surface area (Å²) in [6, 6.07) is 11.6. The molecule has 0 fully saturated rings. The average molecular weight is 221 g/mol. The Labute approximate surface area is 96.4 Å². The summed E-state index contributed by atoms with van der Waals surface area (Å²) in [5.74, 6) is 1.09. The smallest absolute Gasteiger partial charge is 0.266 e. The maximum Gasteiger partial charge on any atom is 0.288 e. The van der Waals surface area contributed by atoms with Gasteiger partial charge < -0.3 is 0 Å². The van der Waals surface area contributed by atoms with Crippen molar-refractivity contribution in [1.82, 2.24) is 0 Å². The summed E-state index contributed by atoms with van der Waals surface area (Å²) in [4.78, 5) is 25.9. The Hall–Kier alpha value is -2.51. The van der Waals surface area contributed by atoms with Gasteiger partial charge in [0.2, 0.25) is 0 Å². The van der Waals surface area contributed by atoms with Crippen molar-refractivity contribution in [3.8, 4) is 0 Å². The van der Waals surface area contributed by atoms with Crippen molar-refractivity contribution in [2.75, 3.05) is 0 Å². The highest BCUT2D eigenvalue weighted by atomic mass is 16.2. The molecule has 2 aromatic carbocycles. The molecule has 2 aromatic rings. The molecule has 3 rings (SSSR count). The van der Waals surface area contributed by atoms with E-state index < -0.39 is 5.91 Å². The summed E-state index contributed by atoms with van der Waals surface area (Å²) in [6.07, 6.45) is 1.53. The van der Waals surface area contributed by atoms with Crippen LogP contribution in [0.3, 0.4) is 0 Å². The Morgan fingerprint density at radius 3 is 2.47 bits per heavy atom. The Bertz CT molecular complexity index is 812. The average Bonchev–Trinajstić information content (AvgIpc) is 2.35. The van der Waals surface area contributed by atoms with Crippen molar-refractivity contribution in [1.29, 1.82) is 0 Å². The molecule has 0 saturated heterocycles. The summed E-state index contributed by atoms with van der Waals surface area (Å²) < 4.78 is 0. The van der Waals surface area contributed by atoms with E-state index in [0.29, 0.717) is 5.36 Å². The van der Waals surface area contributed by atoms with Crippen LogP contribution < -0.4 is 10.6 Å². The van der Waals surface area contributed by atoms with Crippen LogP contribution in [-0.4, -0.2) is 11.8 Å². The second-order valence-electron chi connectivity index (χ2n) is 3.84. The lowest BCUT2D eigenvalue weighted by Crippen LogP contribution is -2.30. The van der Waals surface area contributed by atoms with Gasteiger partial charge in [-0.3, -0.25) is 4.79 Å². The third kappa shape index (κ3) is 1.50. The second kappa shape index (κ2) is 3.51. The number of hydrogen-bond acceptors (Lipinski definition) is 2. The van der Waals surface area contributed by atoms with Crippen LogP contribution in [0.4, 0.5) is 0 Å². The SMILES string of the molecule is O=C=C1C=c2cc3ccccc3cc2=NC1=O. The lowest BCUT2D eigenvalue weighted by molar-refractivity contribution is -0.114. The zero-order chi connectivity index (χ0) is 11.8. The van der Waals surface area contributed by atoms with Gasteiger partial charge in [-0.15, -0.1) is 0 Å². The van der Waals surface area contributed by atoms with Crippen molar-refractivity contribution in [3.63, 3.8) is 0 Å². The third-order valence-electron chi connectivity index (χ3n) is 2.76. The van der Waals surface area contributed by atoms with Crippen molar-refractivity contribution >= 4 is 28.7 Å². The first-order valence-corrected chi connectivity index (χ1v) is 5.16. The van der Waals surface area contributed by atoms with Crippen LogP contribution in [0.1, 0.15) is 0 Å². The van der Waals surface area contributed by atoms with Crippen molar-refractivity contribution in [2.45, 2.75) is 0 Å². The first kappa shape index (κ1) is 9.70. The van der Waals surface area contributed by atoms with E-state index in [2.05, 4.69) is 4.99 Å². The van der Waals surface area contributed by atoms with Crippen LogP contribution in [0.5, 0.6) is 0 Å². The molecule has 1 aliphatic heterocycles. The van der Waals surface area contributed by atoms with E-state index in [-0.39, 0.29) is 5.57 Å². The van der Waals surface area contributed by atoms with E-state index in [1.54, 1.807) is 5.94 Å². The number of carbonyl (C=O) groups excluding carboxylic acids is 2. The van der Waals surface area contributed by atoms with E-state index in [0.717, 1.165) is 16.0 Å². The van der Waals surface area contributed by atoms with Crippen LogP contribution in [0, 0.1) is 0 Å². The summed E-state index contributed by atoms with van der Waals surface area (Å²) in [7, 11) is 0. The molecule has 17 heavy (non-hydrogen) atoms. The highest BCUT2D eigenvalue weighted by Crippen LogP contribution is 2.09. The molecule has 0 saturated carbocycles. The summed E-state index contributed by atoms with van der Waals surface area (Å²) in [5, 5.41) is 3.46. The minimum atomic E-state index is -0.525. The molecule has 0 aromatic heterocycles. The molecule has 3 heteroatoms. The van der Waals surface area contributed by atoms with Gasteiger partial charge in [-0.25, -0.2) is 9.79 Å². The first-order valence-electron chi connectivity index (χ1n) is 5.16. The molecule has 0 unspecified atom stereocenters. The summed E-state index contributed by atoms with van der Waals surface area (Å²) in [6.45, 7) is 0. The maximum absolute atomic E-state index is 11.4. The number of benzene rings is 2. The standard InChI is InChI=1S/C14H7NO2/c16-8-12-6-11-5-9-3-1-2-4-10(9)7-13(11)15-14(12)17/h1-7H. The quantitative estimate of drug-likeness (QED) is 0.481. The van der Waals surface area contributed by atoms with Gasteiger partial charge in [0.1, 0.15) is 11.5 Å². The van der Waals surface area contributed by atoms with Crippen LogP contribution in [-0.2, 0) is 9.59 Å². The van der Waals surface area contributed by atoms with Crippen LogP contribution in [0.25, 0.3) is 16.8 Å². The number of rotatable bonds is 0. The van der Waals surface area contributed by atoms with E-state index >= 15 is 0 Å². The van der Waals surface area contributed by atoms with Crippen molar-refractivity contribution in [2.24, 2.45) is 4.99 Å². The van der Waals surface area contributed by atoms with Gasteiger partial charge in [-0.2, -0.15) is 0 Å². The molecule has 0 aliphatic carbocycles. The van der Waals surface area contributed by atoms with Crippen molar-refractivity contribution in [3.05, 3.63) is 52.5 Å². The number of amides is 1. The molecule has 80 valence electrons. The lowest BCUT2D eigenvalue weighted by Gasteiger charge is -2.02. The van der Waals surface area contributed by atoms with E-state index in [9.17, 15) is 9.59 Å². The Balaban J connectivity index is 2.49. The first-order chi connectivity index (χ1) is 8.28. The molecule has 1 heterocycles. The zero-order valence-electron chi connectivity index (χ0n) is 8.81. The van der Waals surface area contributed by atoms with Gasteiger partial charge in [0.25, 0.3) is 5.91 Å². The number of nitrogens with zero attached hydrogens (tertiary/aromatic N) is 1. The predicted octanol–water partition coefficient (Wildman–Crippen LogP) is 0.538. The molecule has 0 spiro atoms. The van der Waals surface area contributed by atoms with Gasteiger partial charge >= 0.3 is 0 Å². The molecule has 0 radical (unpaired) electrons. The second-order valence-corrected chi connectivity index (χ2v) is 3.84. The molecular formula is C14H7NO2. The van der Waals surface area contributed by atoms with Gasteiger partial charge in [0.15, 0.2) is 0 Å². The molecular weight excluding hydrogens is 214 g/mol. The topological polar surface area (TPSA) is 46.5 Å². The summed E-state index contributed by atoms with van der Waals surface area (Å²) >= 11 is 0. The molecule has 3 nitrogen and oxygen atoms in total.